The van der Waals surface area contributed by atoms with E-state index >= 15 is 0 Å². The predicted octanol–water partition coefficient (Wildman–Crippen LogP) is 4.25. The van der Waals surface area contributed by atoms with Gasteiger partial charge in [0.15, 0.2) is 5.78 Å². The quantitative estimate of drug-likeness (QED) is 0.604. The highest BCUT2D eigenvalue weighted by atomic mass is 32.1. The Morgan fingerprint density at radius 2 is 1.95 bits per heavy atom. The molecule has 0 fully saturated rings. The first-order valence-electron chi connectivity index (χ1n) is 5.46. The van der Waals surface area contributed by atoms with Gasteiger partial charge in [-0.2, -0.15) is 8.78 Å². The van der Waals surface area contributed by atoms with E-state index in [1.54, 1.807) is 24.3 Å². The summed E-state index contributed by atoms with van der Waals surface area (Å²) in [7, 11) is 0. The summed E-state index contributed by atoms with van der Waals surface area (Å²) in [5.74, 6) is 0.0136. The van der Waals surface area contributed by atoms with E-state index in [1.807, 2.05) is 11.4 Å². The zero-order valence-corrected chi connectivity index (χ0v) is 10.6. The Morgan fingerprint density at radius 1 is 1.21 bits per heavy atom. The van der Waals surface area contributed by atoms with Gasteiger partial charge in [-0.15, -0.1) is 11.3 Å². The molecule has 2 nitrogen and oxygen atoms in total. The van der Waals surface area contributed by atoms with Crippen LogP contribution in [-0.4, -0.2) is 12.4 Å². The molecule has 0 aliphatic rings. The highest BCUT2D eigenvalue weighted by Crippen LogP contribution is 2.16. The van der Waals surface area contributed by atoms with Crippen LogP contribution < -0.4 is 4.74 Å². The molecule has 1 aromatic carbocycles. The molecule has 0 spiro atoms. The third-order valence-corrected chi connectivity index (χ3v) is 3.18. The van der Waals surface area contributed by atoms with Crippen molar-refractivity contribution < 1.29 is 18.3 Å². The molecule has 0 N–H and O–H groups in total. The molecular weight excluding hydrogens is 270 g/mol. The third kappa shape index (κ3) is 3.99. The summed E-state index contributed by atoms with van der Waals surface area (Å²) in [4.78, 5) is 12.4. The molecule has 2 aromatic rings. The van der Waals surface area contributed by atoms with E-state index in [0.29, 0.717) is 4.88 Å². The summed E-state index contributed by atoms with van der Waals surface area (Å²) >= 11 is 1.37. The molecule has 0 aliphatic carbocycles. The number of carbonyl (C=O) groups excluding carboxylic acids is 1. The van der Waals surface area contributed by atoms with Crippen molar-refractivity contribution in [3.8, 4) is 5.75 Å². The zero-order valence-electron chi connectivity index (χ0n) is 9.75. The van der Waals surface area contributed by atoms with Crippen molar-refractivity contribution in [3.05, 3.63) is 58.3 Å². The maximum Gasteiger partial charge on any atom is 0.387 e. The normalized spacial score (nSPS) is 11.1. The summed E-state index contributed by atoms with van der Waals surface area (Å²) in [5.41, 5.74) is 0.742. The fraction of sp³-hybridized carbons (Fsp3) is 0.0714. The molecule has 0 aliphatic heterocycles. The number of ketones is 1. The van der Waals surface area contributed by atoms with E-state index in [-0.39, 0.29) is 11.5 Å². The molecule has 2 rings (SSSR count). The van der Waals surface area contributed by atoms with Crippen LogP contribution in [0.15, 0.2) is 47.9 Å². The average Bonchev–Trinajstić information content (AvgIpc) is 2.91. The highest BCUT2D eigenvalue weighted by molar-refractivity contribution is 7.12. The standard InChI is InChI=1S/C14H10F2O2S/c15-14(16)18-11-6-3-10(4-7-11)5-8-12(17)13-2-1-9-19-13/h1-9,14H/b8-5+. The number of carbonyl (C=O) groups is 1. The third-order valence-electron chi connectivity index (χ3n) is 2.30. The van der Waals surface area contributed by atoms with Crippen LogP contribution in [0.3, 0.4) is 0 Å². The molecule has 1 heterocycles. The van der Waals surface area contributed by atoms with E-state index in [0.717, 1.165) is 5.56 Å². The van der Waals surface area contributed by atoms with Gasteiger partial charge in [0.25, 0.3) is 0 Å². The minimum Gasteiger partial charge on any atom is -0.435 e. The molecule has 1 aromatic heterocycles. The first kappa shape index (κ1) is 13.4. The predicted molar refractivity (Wildman–Crippen MR) is 70.8 cm³/mol. The first-order valence-corrected chi connectivity index (χ1v) is 6.34. The Kier molecular flexibility index (Phi) is 4.41. The second-order valence-electron chi connectivity index (χ2n) is 3.62. The Hall–Kier alpha value is -2.01. The lowest BCUT2D eigenvalue weighted by Gasteiger charge is -2.03. The maximum absolute atomic E-state index is 12.0. The molecule has 19 heavy (non-hydrogen) atoms. The van der Waals surface area contributed by atoms with Crippen LogP contribution in [0.4, 0.5) is 8.78 Å². The summed E-state index contributed by atoms with van der Waals surface area (Å²) in [5, 5.41) is 1.83. The fourth-order valence-electron chi connectivity index (χ4n) is 1.43. The average molecular weight is 280 g/mol. The van der Waals surface area contributed by atoms with Crippen LogP contribution in [0.1, 0.15) is 15.2 Å². The Balaban J connectivity index is 2.01. The number of thiophene rings is 1. The summed E-state index contributed by atoms with van der Waals surface area (Å²) in [6.45, 7) is -2.83. The van der Waals surface area contributed by atoms with Crippen LogP contribution >= 0.6 is 11.3 Å². The number of hydrogen-bond acceptors (Lipinski definition) is 3. The van der Waals surface area contributed by atoms with Gasteiger partial charge in [0, 0.05) is 0 Å². The van der Waals surface area contributed by atoms with Crippen molar-refractivity contribution in [2.24, 2.45) is 0 Å². The van der Waals surface area contributed by atoms with E-state index < -0.39 is 6.61 Å². The van der Waals surface area contributed by atoms with Crippen LogP contribution in [0.25, 0.3) is 6.08 Å². The van der Waals surface area contributed by atoms with Gasteiger partial charge >= 0.3 is 6.61 Å². The minimum atomic E-state index is -2.83. The zero-order chi connectivity index (χ0) is 13.7. The number of halogens is 2. The SMILES string of the molecule is O=C(/C=C/c1ccc(OC(F)F)cc1)c1cccs1. The molecule has 0 saturated heterocycles. The van der Waals surface area contributed by atoms with E-state index in [2.05, 4.69) is 4.74 Å². The molecule has 0 saturated carbocycles. The van der Waals surface area contributed by atoms with Crippen molar-refractivity contribution in [2.45, 2.75) is 6.61 Å². The number of allylic oxidation sites excluding steroid dienone is 1. The van der Waals surface area contributed by atoms with Gasteiger partial charge in [0.2, 0.25) is 0 Å². The van der Waals surface area contributed by atoms with Gasteiger partial charge in [-0.05, 0) is 35.2 Å². The number of alkyl halides is 2. The van der Waals surface area contributed by atoms with Gasteiger partial charge in [-0.25, -0.2) is 0 Å². The molecule has 5 heteroatoms. The summed E-state index contributed by atoms with van der Waals surface area (Å²) in [6.07, 6.45) is 3.09. The Labute approximate surface area is 113 Å². The molecule has 0 atom stereocenters. The Bertz CT molecular complexity index is 560. The largest absolute Gasteiger partial charge is 0.435 e. The number of benzene rings is 1. The monoisotopic (exact) mass is 280 g/mol. The highest BCUT2D eigenvalue weighted by Gasteiger charge is 2.04. The minimum absolute atomic E-state index is 0.0806. The summed E-state index contributed by atoms with van der Waals surface area (Å²) in [6, 6.07) is 9.63. The molecule has 0 radical (unpaired) electrons. The first-order chi connectivity index (χ1) is 9.15. The maximum atomic E-state index is 12.0. The Morgan fingerprint density at radius 3 is 2.53 bits per heavy atom. The van der Waals surface area contributed by atoms with Crippen molar-refractivity contribution in [3.63, 3.8) is 0 Å². The van der Waals surface area contributed by atoms with Gasteiger partial charge in [-0.1, -0.05) is 24.3 Å². The molecule has 98 valence electrons. The van der Waals surface area contributed by atoms with Crippen molar-refractivity contribution in [2.75, 3.05) is 0 Å². The van der Waals surface area contributed by atoms with Crippen molar-refractivity contribution >= 4 is 23.2 Å². The summed E-state index contributed by atoms with van der Waals surface area (Å²) < 4.78 is 28.1. The van der Waals surface area contributed by atoms with E-state index in [9.17, 15) is 13.6 Å². The van der Waals surface area contributed by atoms with Crippen LogP contribution in [-0.2, 0) is 0 Å². The smallest absolute Gasteiger partial charge is 0.387 e. The second-order valence-corrected chi connectivity index (χ2v) is 4.57. The molecular formula is C14H10F2O2S. The fourth-order valence-corrected chi connectivity index (χ4v) is 2.08. The van der Waals surface area contributed by atoms with Gasteiger partial charge in [0.1, 0.15) is 5.75 Å². The van der Waals surface area contributed by atoms with Crippen LogP contribution in [0, 0.1) is 0 Å². The van der Waals surface area contributed by atoms with Crippen LogP contribution in [0.2, 0.25) is 0 Å². The lowest BCUT2D eigenvalue weighted by atomic mass is 10.2. The molecule has 0 bridgehead atoms. The topological polar surface area (TPSA) is 26.3 Å². The van der Waals surface area contributed by atoms with Crippen molar-refractivity contribution in [1.29, 1.82) is 0 Å². The lowest BCUT2D eigenvalue weighted by Crippen LogP contribution is -2.01. The number of ether oxygens (including phenoxy) is 1. The second kappa shape index (κ2) is 6.24. The number of hydrogen-bond donors (Lipinski definition) is 0. The van der Waals surface area contributed by atoms with Crippen LogP contribution in [0.5, 0.6) is 5.75 Å². The van der Waals surface area contributed by atoms with E-state index in [4.69, 9.17) is 0 Å². The van der Waals surface area contributed by atoms with Gasteiger partial charge in [0.05, 0.1) is 4.88 Å². The lowest BCUT2D eigenvalue weighted by molar-refractivity contribution is -0.0498. The van der Waals surface area contributed by atoms with Gasteiger partial charge < -0.3 is 4.74 Å². The molecule has 0 amide bonds. The number of rotatable bonds is 5. The molecule has 0 unspecified atom stereocenters. The van der Waals surface area contributed by atoms with Gasteiger partial charge in [-0.3, -0.25) is 4.79 Å². The van der Waals surface area contributed by atoms with E-state index in [1.165, 1.54) is 29.5 Å². The van der Waals surface area contributed by atoms with Crippen molar-refractivity contribution in [1.82, 2.24) is 0 Å².